The highest BCUT2D eigenvalue weighted by Crippen LogP contribution is 2.19. The largest absolute Gasteiger partial charge is 0.496 e. The molecule has 3 nitrogen and oxygen atoms in total. The molecule has 1 aromatic carbocycles. The highest BCUT2D eigenvalue weighted by atomic mass is 127. The summed E-state index contributed by atoms with van der Waals surface area (Å²) in [6.45, 7) is 0. The van der Waals surface area contributed by atoms with Gasteiger partial charge in [-0.1, -0.05) is 0 Å². The van der Waals surface area contributed by atoms with Crippen LogP contribution in [0.5, 0.6) is 5.75 Å². The Kier molecular flexibility index (Phi) is 3.51. The van der Waals surface area contributed by atoms with Gasteiger partial charge in [0.15, 0.2) is 0 Å². The van der Waals surface area contributed by atoms with E-state index in [1.165, 1.54) is 13.2 Å². The number of hydrogen-bond acceptors (Lipinski definition) is 3. The van der Waals surface area contributed by atoms with Crippen molar-refractivity contribution in [3.63, 3.8) is 0 Å². The van der Waals surface area contributed by atoms with Gasteiger partial charge in [0.05, 0.1) is 10.7 Å². The second-order valence-corrected chi connectivity index (χ2v) is 3.43. The molecule has 0 aliphatic heterocycles. The van der Waals surface area contributed by atoms with Crippen LogP contribution in [0.25, 0.3) is 0 Å². The van der Waals surface area contributed by atoms with Crippen molar-refractivity contribution in [2.24, 2.45) is 0 Å². The first kappa shape index (κ1) is 10.7. The van der Waals surface area contributed by atoms with E-state index in [1.54, 1.807) is 22.6 Å². The zero-order chi connectivity index (χ0) is 10.0. The average Bonchev–Trinajstić information content (AvgIpc) is 2.04. The summed E-state index contributed by atoms with van der Waals surface area (Å²) in [7, 11) is -0.384. The Morgan fingerprint density at radius 2 is 2.08 bits per heavy atom. The van der Waals surface area contributed by atoms with Gasteiger partial charge >= 0.3 is 7.12 Å². The van der Waals surface area contributed by atoms with E-state index in [4.69, 9.17) is 14.8 Å². The van der Waals surface area contributed by atoms with Crippen LogP contribution in [0.3, 0.4) is 0 Å². The molecule has 0 amide bonds. The Morgan fingerprint density at radius 3 is 2.54 bits per heavy atom. The lowest BCUT2D eigenvalue weighted by Gasteiger charge is -2.08. The topological polar surface area (TPSA) is 49.7 Å². The van der Waals surface area contributed by atoms with Crippen LogP contribution in [0, 0.1) is 9.39 Å². The molecule has 0 spiro atoms. The molecule has 2 N–H and O–H groups in total. The standard InChI is InChI=1S/C7H7BFIO3/c1-13-5-3-2-4(9)6(7(5)10)8(11)12/h2-3,11-12H,1H3. The van der Waals surface area contributed by atoms with E-state index < -0.39 is 12.9 Å². The van der Waals surface area contributed by atoms with Crippen molar-refractivity contribution in [2.45, 2.75) is 0 Å². The third kappa shape index (κ3) is 2.12. The SMILES string of the molecule is COc1ccc(F)c(B(O)O)c1I. The predicted molar refractivity (Wildman–Crippen MR) is 55.5 cm³/mol. The molecule has 70 valence electrons. The van der Waals surface area contributed by atoms with E-state index in [0.29, 0.717) is 9.32 Å². The molecule has 0 aliphatic rings. The highest BCUT2D eigenvalue weighted by molar-refractivity contribution is 14.1. The van der Waals surface area contributed by atoms with Gasteiger partial charge in [0.25, 0.3) is 0 Å². The Balaban J connectivity index is 3.30. The molecule has 13 heavy (non-hydrogen) atoms. The minimum atomic E-state index is -1.82. The summed E-state index contributed by atoms with van der Waals surface area (Å²) in [4.78, 5) is 0. The molecule has 0 unspecified atom stereocenters. The molecule has 0 aliphatic carbocycles. The van der Waals surface area contributed by atoms with Gasteiger partial charge in [-0.2, -0.15) is 0 Å². The molecule has 1 aromatic rings. The number of hydrogen-bond donors (Lipinski definition) is 2. The van der Waals surface area contributed by atoms with Crippen molar-refractivity contribution in [3.8, 4) is 5.75 Å². The van der Waals surface area contributed by atoms with Gasteiger partial charge in [0, 0.05) is 5.46 Å². The summed E-state index contributed by atoms with van der Waals surface area (Å²) in [6, 6.07) is 2.57. The highest BCUT2D eigenvalue weighted by Gasteiger charge is 2.22. The van der Waals surface area contributed by atoms with Crippen LogP contribution in [0.4, 0.5) is 4.39 Å². The van der Waals surface area contributed by atoms with E-state index in [0.717, 1.165) is 6.07 Å². The summed E-state index contributed by atoms with van der Waals surface area (Å²) in [5, 5.41) is 17.7. The van der Waals surface area contributed by atoms with Crippen LogP contribution in [0.15, 0.2) is 12.1 Å². The maximum atomic E-state index is 13.0. The first-order chi connectivity index (χ1) is 6.07. The van der Waals surface area contributed by atoms with Gasteiger partial charge in [0.2, 0.25) is 0 Å². The van der Waals surface area contributed by atoms with Crippen molar-refractivity contribution in [2.75, 3.05) is 7.11 Å². The summed E-state index contributed by atoms with van der Waals surface area (Å²) < 4.78 is 18.3. The average molecular weight is 296 g/mol. The van der Waals surface area contributed by atoms with Crippen LogP contribution in [0.2, 0.25) is 0 Å². The van der Waals surface area contributed by atoms with E-state index in [1.807, 2.05) is 0 Å². The van der Waals surface area contributed by atoms with Crippen molar-refractivity contribution >= 4 is 35.2 Å². The smallest absolute Gasteiger partial charge is 0.492 e. The fourth-order valence-corrected chi connectivity index (χ4v) is 1.88. The Hall–Kier alpha value is -0.335. The number of rotatable bonds is 2. The monoisotopic (exact) mass is 296 g/mol. The number of ether oxygens (including phenoxy) is 1. The van der Waals surface area contributed by atoms with Crippen molar-refractivity contribution < 1.29 is 19.2 Å². The van der Waals surface area contributed by atoms with Crippen LogP contribution in [-0.4, -0.2) is 24.3 Å². The molecule has 0 atom stereocenters. The van der Waals surface area contributed by atoms with E-state index >= 15 is 0 Å². The summed E-state index contributed by atoms with van der Waals surface area (Å²) in [5.41, 5.74) is -0.153. The summed E-state index contributed by atoms with van der Waals surface area (Å²) >= 11 is 1.80. The number of halogens is 2. The normalized spacial score (nSPS) is 9.92. The maximum Gasteiger partial charge on any atom is 0.492 e. The van der Waals surface area contributed by atoms with Gasteiger partial charge in [-0.05, 0) is 34.7 Å². The van der Waals surface area contributed by atoms with E-state index in [9.17, 15) is 4.39 Å². The number of benzene rings is 1. The fraction of sp³-hybridized carbons (Fsp3) is 0.143. The lowest BCUT2D eigenvalue weighted by atomic mass is 9.80. The lowest BCUT2D eigenvalue weighted by molar-refractivity contribution is 0.406. The fourth-order valence-electron chi connectivity index (χ4n) is 0.944. The first-order valence-electron chi connectivity index (χ1n) is 3.46. The maximum absolute atomic E-state index is 13.0. The Bertz CT molecular complexity index is 319. The van der Waals surface area contributed by atoms with E-state index in [2.05, 4.69) is 0 Å². The van der Waals surface area contributed by atoms with Crippen LogP contribution in [-0.2, 0) is 0 Å². The van der Waals surface area contributed by atoms with E-state index in [-0.39, 0.29) is 5.46 Å². The minimum absolute atomic E-state index is 0.153. The molecule has 6 heteroatoms. The molecular weight excluding hydrogens is 289 g/mol. The number of methoxy groups -OCH3 is 1. The first-order valence-corrected chi connectivity index (χ1v) is 4.53. The molecular formula is C7H7BFIO3. The summed E-state index contributed by atoms with van der Waals surface area (Å²) in [6.07, 6.45) is 0. The predicted octanol–water partition coefficient (Wildman–Crippen LogP) is 0.119. The van der Waals surface area contributed by atoms with Crippen molar-refractivity contribution in [3.05, 3.63) is 21.5 Å². The van der Waals surface area contributed by atoms with Gasteiger partial charge in [-0.15, -0.1) is 0 Å². The Morgan fingerprint density at radius 1 is 1.46 bits per heavy atom. The molecule has 0 aromatic heterocycles. The third-order valence-electron chi connectivity index (χ3n) is 1.57. The molecule has 0 bridgehead atoms. The Labute approximate surface area is 88.8 Å². The van der Waals surface area contributed by atoms with Crippen molar-refractivity contribution in [1.29, 1.82) is 0 Å². The zero-order valence-corrected chi connectivity index (χ0v) is 8.95. The van der Waals surface area contributed by atoms with Gasteiger partial charge in [0.1, 0.15) is 11.6 Å². The van der Waals surface area contributed by atoms with Crippen LogP contribution in [0.1, 0.15) is 0 Å². The summed E-state index contributed by atoms with van der Waals surface area (Å²) in [5.74, 6) is -0.231. The zero-order valence-electron chi connectivity index (χ0n) is 6.79. The van der Waals surface area contributed by atoms with Gasteiger partial charge in [-0.25, -0.2) is 4.39 Å². The molecule has 1 rings (SSSR count). The van der Waals surface area contributed by atoms with Crippen LogP contribution < -0.4 is 10.2 Å². The lowest BCUT2D eigenvalue weighted by Crippen LogP contribution is -2.35. The molecule has 0 radical (unpaired) electrons. The molecule has 0 saturated heterocycles. The van der Waals surface area contributed by atoms with Crippen LogP contribution >= 0.6 is 22.6 Å². The molecule has 0 heterocycles. The van der Waals surface area contributed by atoms with Gasteiger partial charge in [-0.3, -0.25) is 0 Å². The molecule has 0 fully saturated rings. The second kappa shape index (κ2) is 4.25. The van der Waals surface area contributed by atoms with Crippen molar-refractivity contribution in [1.82, 2.24) is 0 Å². The quantitative estimate of drug-likeness (QED) is 0.602. The van der Waals surface area contributed by atoms with Gasteiger partial charge < -0.3 is 14.8 Å². The third-order valence-corrected chi connectivity index (χ3v) is 2.68. The molecule has 0 saturated carbocycles. The minimum Gasteiger partial charge on any atom is -0.496 e. The second-order valence-electron chi connectivity index (χ2n) is 2.35.